The topological polar surface area (TPSA) is 72.0 Å². The third-order valence-corrected chi connectivity index (χ3v) is 5.71. The molecule has 1 aromatic heterocycles. The number of amides is 1. The van der Waals surface area contributed by atoms with Crippen LogP contribution in [0.3, 0.4) is 0 Å². The highest BCUT2D eigenvalue weighted by atomic mass is 32.1. The third kappa shape index (κ3) is 4.60. The summed E-state index contributed by atoms with van der Waals surface area (Å²) in [6, 6.07) is 10.4. The number of carbonyl (C=O) groups is 2. The van der Waals surface area contributed by atoms with Crippen LogP contribution >= 0.6 is 11.3 Å². The molecule has 3 rings (SSSR count). The quantitative estimate of drug-likeness (QED) is 0.510. The first-order valence-corrected chi connectivity index (χ1v) is 10.3. The van der Waals surface area contributed by atoms with E-state index in [0.29, 0.717) is 40.8 Å². The SMILES string of the molecule is COc1cc2nc(N(CCN(C)C)C(=O)c3ccc(C(C)=O)cc3)sc2cc1OC. The molecule has 3 aromatic rings. The Balaban J connectivity index is 2.00. The second-order valence-corrected chi connectivity index (χ2v) is 8.07. The molecule has 0 N–H and O–H groups in total. The number of ketones is 1. The van der Waals surface area contributed by atoms with Crippen molar-refractivity contribution in [2.45, 2.75) is 6.92 Å². The number of rotatable bonds is 8. The van der Waals surface area contributed by atoms with Crippen molar-refractivity contribution >= 4 is 38.4 Å². The molecule has 0 spiro atoms. The second-order valence-electron chi connectivity index (χ2n) is 7.06. The minimum atomic E-state index is -0.162. The Hall–Kier alpha value is -2.97. The van der Waals surface area contributed by atoms with Gasteiger partial charge in [-0.1, -0.05) is 23.5 Å². The second kappa shape index (κ2) is 9.23. The van der Waals surface area contributed by atoms with Gasteiger partial charge in [-0.3, -0.25) is 14.5 Å². The van der Waals surface area contributed by atoms with Crippen LogP contribution in [0, 0.1) is 0 Å². The van der Waals surface area contributed by atoms with E-state index < -0.39 is 0 Å². The number of Topliss-reactive ketones (excluding diaryl/α,β-unsaturated/α-hetero) is 1. The van der Waals surface area contributed by atoms with Crippen molar-refractivity contribution < 1.29 is 19.1 Å². The number of aromatic nitrogens is 1. The van der Waals surface area contributed by atoms with Crippen molar-refractivity contribution in [2.75, 3.05) is 46.3 Å². The molecule has 0 fully saturated rings. The molecule has 158 valence electrons. The molecule has 30 heavy (non-hydrogen) atoms. The highest BCUT2D eigenvalue weighted by molar-refractivity contribution is 7.22. The van der Waals surface area contributed by atoms with E-state index in [1.165, 1.54) is 18.3 Å². The number of anilines is 1. The Kier molecular flexibility index (Phi) is 6.69. The zero-order valence-electron chi connectivity index (χ0n) is 17.8. The van der Waals surface area contributed by atoms with Gasteiger partial charge in [-0.15, -0.1) is 0 Å². The smallest absolute Gasteiger partial charge is 0.260 e. The molecule has 0 bridgehead atoms. The third-order valence-electron chi connectivity index (χ3n) is 4.67. The first-order chi connectivity index (χ1) is 14.3. The van der Waals surface area contributed by atoms with Gasteiger partial charge in [0.25, 0.3) is 5.91 Å². The Bertz CT molecular complexity index is 1020. The van der Waals surface area contributed by atoms with E-state index in [1.54, 1.807) is 43.4 Å². The molecule has 0 aliphatic heterocycles. The molecule has 0 saturated carbocycles. The van der Waals surface area contributed by atoms with E-state index in [1.807, 2.05) is 31.1 Å². The van der Waals surface area contributed by atoms with Gasteiger partial charge in [0.05, 0.1) is 24.4 Å². The van der Waals surface area contributed by atoms with Gasteiger partial charge in [-0.05, 0) is 33.2 Å². The number of likely N-dealkylation sites (N-methyl/N-ethyl adjacent to an activating group) is 1. The minimum Gasteiger partial charge on any atom is -0.493 e. The van der Waals surface area contributed by atoms with E-state index in [2.05, 4.69) is 4.98 Å². The van der Waals surface area contributed by atoms with Crippen molar-refractivity contribution in [3.63, 3.8) is 0 Å². The Morgan fingerprint density at radius 2 is 1.57 bits per heavy atom. The fourth-order valence-corrected chi connectivity index (χ4v) is 3.95. The van der Waals surface area contributed by atoms with Gasteiger partial charge >= 0.3 is 0 Å². The van der Waals surface area contributed by atoms with Crippen LogP contribution in [0.5, 0.6) is 11.5 Å². The lowest BCUT2D eigenvalue weighted by Crippen LogP contribution is -2.36. The monoisotopic (exact) mass is 427 g/mol. The molecule has 0 unspecified atom stereocenters. The highest BCUT2D eigenvalue weighted by Crippen LogP contribution is 2.37. The Morgan fingerprint density at radius 3 is 2.13 bits per heavy atom. The Morgan fingerprint density at radius 1 is 0.967 bits per heavy atom. The van der Waals surface area contributed by atoms with Crippen molar-refractivity contribution in [2.24, 2.45) is 0 Å². The van der Waals surface area contributed by atoms with Crippen LogP contribution < -0.4 is 14.4 Å². The van der Waals surface area contributed by atoms with Crippen molar-refractivity contribution in [3.8, 4) is 11.5 Å². The van der Waals surface area contributed by atoms with Crippen LogP contribution in [0.25, 0.3) is 10.2 Å². The normalized spacial score (nSPS) is 11.0. The summed E-state index contributed by atoms with van der Waals surface area (Å²) in [5.41, 5.74) is 1.82. The van der Waals surface area contributed by atoms with Gasteiger partial charge in [-0.25, -0.2) is 4.98 Å². The molecule has 0 saturated heterocycles. The maximum absolute atomic E-state index is 13.3. The zero-order chi connectivity index (χ0) is 21.8. The van der Waals surface area contributed by atoms with E-state index in [0.717, 1.165) is 10.2 Å². The number of hydrogen-bond donors (Lipinski definition) is 0. The fourth-order valence-electron chi connectivity index (χ4n) is 2.95. The summed E-state index contributed by atoms with van der Waals surface area (Å²) in [6.45, 7) is 2.66. The van der Waals surface area contributed by atoms with Crippen molar-refractivity contribution in [1.82, 2.24) is 9.88 Å². The Labute approximate surface area is 179 Å². The summed E-state index contributed by atoms with van der Waals surface area (Å²) >= 11 is 1.42. The average molecular weight is 428 g/mol. The summed E-state index contributed by atoms with van der Waals surface area (Å²) in [4.78, 5) is 33.2. The minimum absolute atomic E-state index is 0.0347. The molecule has 8 heteroatoms. The van der Waals surface area contributed by atoms with Crippen molar-refractivity contribution in [3.05, 3.63) is 47.5 Å². The standard InChI is InChI=1S/C22H25N3O4S/c1-14(26)15-6-8-16(9-7-15)21(27)25(11-10-24(2)3)22-23-17-12-18(28-4)19(29-5)13-20(17)30-22/h6-9,12-13H,10-11H2,1-5H3. The van der Waals surface area contributed by atoms with Crippen LogP contribution in [-0.4, -0.2) is 63.0 Å². The van der Waals surface area contributed by atoms with E-state index >= 15 is 0 Å². The van der Waals surface area contributed by atoms with E-state index in [4.69, 9.17) is 9.47 Å². The predicted molar refractivity (Wildman–Crippen MR) is 119 cm³/mol. The average Bonchev–Trinajstić information content (AvgIpc) is 3.14. The molecular weight excluding hydrogens is 402 g/mol. The fraction of sp³-hybridized carbons (Fsp3) is 0.318. The number of ether oxygens (including phenoxy) is 2. The molecule has 0 radical (unpaired) electrons. The predicted octanol–water partition coefficient (Wildman–Crippen LogP) is 3.72. The molecule has 0 atom stereocenters. The van der Waals surface area contributed by atoms with Gasteiger partial charge in [0, 0.05) is 36.3 Å². The van der Waals surface area contributed by atoms with Crippen LogP contribution in [-0.2, 0) is 0 Å². The summed E-state index contributed by atoms with van der Waals surface area (Å²) in [5, 5.41) is 0.600. The number of carbonyl (C=O) groups excluding carboxylic acids is 2. The maximum atomic E-state index is 13.3. The first-order valence-electron chi connectivity index (χ1n) is 9.44. The van der Waals surface area contributed by atoms with Gasteiger partial charge in [0.15, 0.2) is 22.4 Å². The zero-order valence-corrected chi connectivity index (χ0v) is 18.6. The van der Waals surface area contributed by atoms with E-state index in [-0.39, 0.29) is 11.7 Å². The number of hydrogen-bond acceptors (Lipinski definition) is 7. The molecule has 1 heterocycles. The number of benzene rings is 2. The van der Waals surface area contributed by atoms with Gasteiger partial charge in [0.2, 0.25) is 0 Å². The summed E-state index contributed by atoms with van der Waals surface area (Å²) < 4.78 is 11.6. The van der Waals surface area contributed by atoms with Crippen LogP contribution in [0.2, 0.25) is 0 Å². The molecule has 1 amide bonds. The van der Waals surface area contributed by atoms with Crippen LogP contribution in [0.1, 0.15) is 27.6 Å². The van der Waals surface area contributed by atoms with Crippen LogP contribution in [0.15, 0.2) is 36.4 Å². The van der Waals surface area contributed by atoms with Crippen molar-refractivity contribution in [1.29, 1.82) is 0 Å². The summed E-state index contributed by atoms with van der Waals surface area (Å²) in [6.07, 6.45) is 0. The number of methoxy groups -OCH3 is 2. The lowest BCUT2D eigenvalue weighted by molar-refractivity contribution is 0.0981. The van der Waals surface area contributed by atoms with Gasteiger partial charge in [-0.2, -0.15) is 0 Å². The molecule has 0 aliphatic rings. The van der Waals surface area contributed by atoms with Crippen LogP contribution in [0.4, 0.5) is 5.13 Å². The number of thiazole rings is 1. The molecule has 7 nitrogen and oxygen atoms in total. The summed E-state index contributed by atoms with van der Waals surface area (Å²) in [5.74, 6) is 1.01. The lowest BCUT2D eigenvalue weighted by atomic mass is 10.1. The largest absolute Gasteiger partial charge is 0.493 e. The van der Waals surface area contributed by atoms with Gasteiger partial charge in [0.1, 0.15) is 0 Å². The number of fused-ring (bicyclic) bond motifs is 1. The first kappa shape index (κ1) is 21.7. The maximum Gasteiger partial charge on any atom is 0.260 e. The lowest BCUT2D eigenvalue weighted by Gasteiger charge is -2.22. The number of nitrogens with zero attached hydrogens (tertiary/aromatic N) is 3. The van der Waals surface area contributed by atoms with E-state index in [9.17, 15) is 9.59 Å². The molecule has 0 aliphatic carbocycles. The molecule has 2 aromatic carbocycles. The van der Waals surface area contributed by atoms with Gasteiger partial charge < -0.3 is 14.4 Å². The molecular formula is C22H25N3O4S. The summed E-state index contributed by atoms with van der Waals surface area (Å²) in [7, 11) is 7.08. The highest BCUT2D eigenvalue weighted by Gasteiger charge is 2.22.